The van der Waals surface area contributed by atoms with E-state index in [1.54, 1.807) is 6.20 Å². The molecule has 1 atom stereocenters. The Hall–Kier alpha value is -0.920. The lowest BCUT2D eigenvalue weighted by molar-refractivity contribution is 0.423. The Labute approximate surface area is 127 Å². The van der Waals surface area contributed by atoms with Gasteiger partial charge in [0.1, 0.15) is 0 Å². The van der Waals surface area contributed by atoms with Crippen molar-refractivity contribution in [3.63, 3.8) is 0 Å². The minimum absolute atomic E-state index is 0.0303. The van der Waals surface area contributed by atoms with Crippen molar-refractivity contribution in [3.8, 4) is 0 Å². The van der Waals surface area contributed by atoms with Crippen LogP contribution in [0.5, 0.6) is 0 Å². The van der Waals surface area contributed by atoms with Crippen LogP contribution in [0.25, 0.3) is 0 Å². The molecule has 0 amide bonds. The van der Waals surface area contributed by atoms with E-state index >= 15 is 0 Å². The number of H-pyrrole nitrogens is 1. The van der Waals surface area contributed by atoms with E-state index in [1.165, 1.54) is 12.8 Å². The normalized spacial score (nSPS) is 18.2. The fraction of sp³-hybridized carbons (Fsp3) is 0.786. The van der Waals surface area contributed by atoms with Crippen LogP contribution in [-0.4, -0.2) is 31.2 Å². The van der Waals surface area contributed by atoms with Crippen LogP contribution in [0.2, 0.25) is 0 Å². The summed E-state index contributed by atoms with van der Waals surface area (Å²) in [4.78, 5) is 0. The SMILES string of the molecule is CCCNCc1cn[nH]c1S(=O)(=O)NC(C)C1CCCC1. The van der Waals surface area contributed by atoms with Gasteiger partial charge in [-0.15, -0.1) is 0 Å². The third-order valence-electron chi connectivity index (χ3n) is 4.14. The van der Waals surface area contributed by atoms with Gasteiger partial charge in [0.05, 0.1) is 6.20 Å². The summed E-state index contributed by atoms with van der Waals surface area (Å²) in [6, 6.07) is -0.0303. The van der Waals surface area contributed by atoms with Gasteiger partial charge in [0.2, 0.25) is 0 Å². The van der Waals surface area contributed by atoms with Gasteiger partial charge < -0.3 is 5.32 Å². The topological polar surface area (TPSA) is 86.9 Å². The van der Waals surface area contributed by atoms with Gasteiger partial charge in [-0.25, -0.2) is 13.1 Å². The molecule has 21 heavy (non-hydrogen) atoms. The number of nitrogens with one attached hydrogen (secondary N) is 3. The molecule has 0 bridgehead atoms. The molecule has 1 aromatic rings. The third-order valence-corrected chi connectivity index (χ3v) is 5.71. The van der Waals surface area contributed by atoms with Crippen molar-refractivity contribution in [2.75, 3.05) is 6.54 Å². The molecule has 0 aromatic carbocycles. The maximum absolute atomic E-state index is 12.5. The molecule has 1 saturated carbocycles. The van der Waals surface area contributed by atoms with E-state index in [0.717, 1.165) is 25.8 Å². The molecule has 6 nitrogen and oxygen atoms in total. The number of rotatable bonds is 8. The van der Waals surface area contributed by atoms with Gasteiger partial charge in [0.15, 0.2) is 5.03 Å². The first kappa shape index (κ1) is 16.5. The molecule has 1 unspecified atom stereocenters. The average Bonchev–Trinajstić information content (AvgIpc) is 3.10. The lowest BCUT2D eigenvalue weighted by Gasteiger charge is -2.20. The van der Waals surface area contributed by atoms with Gasteiger partial charge in [-0.3, -0.25) is 5.10 Å². The summed E-state index contributed by atoms with van der Waals surface area (Å²) in [6.45, 7) is 5.40. The van der Waals surface area contributed by atoms with Gasteiger partial charge in [-0.2, -0.15) is 5.10 Å². The standard InChI is InChI=1S/C14H26N4O2S/c1-3-8-15-9-13-10-16-17-14(13)21(19,20)18-11(2)12-6-4-5-7-12/h10-12,15,18H,3-9H2,1-2H3,(H,16,17). The maximum Gasteiger partial charge on any atom is 0.258 e. The number of sulfonamides is 1. The van der Waals surface area contributed by atoms with Gasteiger partial charge in [-0.05, 0) is 38.6 Å². The minimum atomic E-state index is -3.53. The van der Waals surface area contributed by atoms with Crippen LogP contribution in [0.15, 0.2) is 11.2 Å². The molecule has 1 aliphatic rings. The van der Waals surface area contributed by atoms with Crippen molar-refractivity contribution in [2.24, 2.45) is 5.92 Å². The molecule has 0 saturated heterocycles. The highest BCUT2D eigenvalue weighted by Gasteiger charge is 2.28. The summed E-state index contributed by atoms with van der Waals surface area (Å²) in [5.74, 6) is 0.448. The van der Waals surface area contributed by atoms with Crippen LogP contribution in [-0.2, 0) is 16.6 Å². The molecule has 0 aliphatic heterocycles. The molecule has 120 valence electrons. The second-order valence-corrected chi connectivity index (χ2v) is 7.51. The molecule has 1 aromatic heterocycles. The largest absolute Gasteiger partial charge is 0.313 e. The predicted octanol–water partition coefficient (Wildman–Crippen LogP) is 1.77. The second kappa shape index (κ2) is 7.38. The number of hydrogen-bond acceptors (Lipinski definition) is 4. The van der Waals surface area contributed by atoms with Crippen molar-refractivity contribution in [1.82, 2.24) is 20.2 Å². The molecule has 1 heterocycles. The zero-order valence-corrected chi connectivity index (χ0v) is 13.7. The Morgan fingerprint density at radius 2 is 2.14 bits per heavy atom. The van der Waals surface area contributed by atoms with Crippen LogP contribution in [0.3, 0.4) is 0 Å². The average molecular weight is 314 g/mol. The zero-order valence-electron chi connectivity index (χ0n) is 12.9. The Bertz CT molecular complexity index is 535. The molecule has 3 N–H and O–H groups in total. The maximum atomic E-state index is 12.5. The van der Waals surface area contributed by atoms with Gasteiger partial charge in [-0.1, -0.05) is 19.8 Å². The van der Waals surface area contributed by atoms with Gasteiger partial charge >= 0.3 is 0 Å². The van der Waals surface area contributed by atoms with Gasteiger partial charge in [0.25, 0.3) is 10.0 Å². The van der Waals surface area contributed by atoms with Gasteiger partial charge in [0, 0.05) is 18.2 Å². The molecule has 7 heteroatoms. The smallest absolute Gasteiger partial charge is 0.258 e. The summed E-state index contributed by atoms with van der Waals surface area (Å²) in [7, 11) is -3.53. The number of aromatic nitrogens is 2. The van der Waals surface area contributed by atoms with E-state index in [2.05, 4.69) is 27.2 Å². The molecule has 2 rings (SSSR count). The van der Waals surface area contributed by atoms with E-state index in [1.807, 2.05) is 6.92 Å². The lowest BCUT2D eigenvalue weighted by Crippen LogP contribution is -2.37. The Morgan fingerprint density at radius 1 is 1.43 bits per heavy atom. The number of hydrogen-bond donors (Lipinski definition) is 3. The lowest BCUT2D eigenvalue weighted by atomic mass is 10.0. The number of nitrogens with zero attached hydrogens (tertiary/aromatic N) is 1. The van der Waals surface area contributed by atoms with E-state index < -0.39 is 10.0 Å². The molecular weight excluding hydrogens is 288 g/mol. The van der Waals surface area contributed by atoms with E-state index in [0.29, 0.717) is 18.0 Å². The highest BCUT2D eigenvalue weighted by Crippen LogP contribution is 2.28. The number of aromatic amines is 1. The fourth-order valence-corrected chi connectivity index (χ4v) is 4.36. The van der Waals surface area contributed by atoms with Crippen LogP contribution in [0.4, 0.5) is 0 Å². The van der Waals surface area contributed by atoms with Crippen molar-refractivity contribution in [3.05, 3.63) is 11.8 Å². The Kier molecular flexibility index (Phi) is 5.78. The van der Waals surface area contributed by atoms with Crippen LogP contribution in [0, 0.1) is 5.92 Å². The summed E-state index contributed by atoms with van der Waals surface area (Å²) in [5.41, 5.74) is 0.689. The van der Waals surface area contributed by atoms with Crippen molar-refractivity contribution in [1.29, 1.82) is 0 Å². The fourth-order valence-electron chi connectivity index (χ4n) is 2.91. The van der Waals surface area contributed by atoms with E-state index in [-0.39, 0.29) is 11.1 Å². The van der Waals surface area contributed by atoms with Crippen LogP contribution >= 0.6 is 0 Å². The molecule has 0 spiro atoms. The first-order chi connectivity index (χ1) is 10.0. The summed E-state index contributed by atoms with van der Waals surface area (Å²) < 4.78 is 27.8. The van der Waals surface area contributed by atoms with Crippen molar-refractivity contribution in [2.45, 2.75) is 63.6 Å². The third kappa shape index (κ3) is 4.28. The monoisotopic (exact) mass is 314 g/mol. The highest BCUT2D eigenvalue weighted by molar-refractivity contribution is 7.89. The minimum Gasteiger partial charge on any atom is -0.313 e. The van der Waals surface area contributed by atoms with E-state index in [4.69, 9.17) is 0 Å². The van der Waals surface area contributed by atoms with Crippen LogP contribution in [0.1, 0.15) is 51.5 Å². The highest BCUT2D eigenvalue weighted by atomic mass is 32.2. The van der Waals surface area contributed by atoms with E-state index in [9.17, 15) is 8.42 Å². The molecular formula is C14H26N4O2S. The zero-order chi connectivity index (χ0) is 15.3. The van der Waals surface area contributed by atoms with Crippen molar-refractivity contribution >= 4 is 10.0 Å². The van der Waals surface area contributed by atoms with Crippen LogP contribution < -0.4 is 10.0 Å². The summed E-state index contributed by atoms with van der Waals surface area (Å²) in [5, 5.41) is 9.91. The Morgan fingerprint density at radius 3 is 2.81 bits per heavy atom. The predicted molar refractivity (Wildman–Crippen MR) is 82.3 cm³/mol. The van der Waals surface area contributed by atoms with Crippen molar-refractivity contribution < 1.29 is 8.42 Å². The summed E-state index contributed by atoms with van der Waals surface area (Å²) >= 11 is 0. The quantitative estimate of drug-likeness (QED) is 0.638. The second-order valence-electron chi connectivity index (χ2n) is 5.86. The molecule has 1 aliphatic carbocycles. The Balaban J connectivity index is 2.03. The summed E-state index contributed by atoms with van der Waals surface area (Å²) in [6.07, 6.45) is 7.21. The molecule has 1 fully saturated rings. The first-order valence-electron chi connectivity index (χ1n) is 7.80. The molecule has 0 radical (unpaired) electrons. The first-order valence-corrected chi connectivity index (χ1v) is 9.28.